The normalized spacial score (nSPS) is 13.0. The van der Waals surface area contributed by atoms with E-state index in [2.05, 4.69) is 113 Å². The van der Waals surface area contributed by atoms with E-state index in [1.165, 1.54) is 69.8 Å². The Labute approximate surface area is 256 Å². The van der Waals surface area contributed by atoms with Crippen LogP contribution in [0.1, 0.15) is 49.9 Å². The molecule has 0 atom stereocenters. The number of benzene rings is 4. The summed E-state index contributed by atoms with van der Waals surface area (Å²) in [6, 6.07) is 34.1. The molecule has 0 saturated heterocycles. The molecular formula is C37H34IrNO2-. The average Bonchev–Trinajstić information content (AvgIpc) is 3.12. The van der Waals surface area contributed by atoms with Crippen LogP contribution in [0.15, 0.2) is 96.8 Å². The quantitative estimate of drug-likeness (QED) is 0.115. The second-order valence-corrected chi connectivity index (χ2v) is 11.2. The van der Waals surface area contributed by atoms with Crippen LogP contribution in [0.5, 0.6) is 0 Å². The number of fused-ring (bicyclic) bond motifs is 4. The largest absolute Gasteiger partial charge is 0.512 e. The van der Waals surface area contributed by atoms with E-state index < -0.39 is 0 Å². The Hall–Kier alpha value is -3.85. The van der Waals surface area contributed by atoms with Crippen LogP contribution >= 0.6 is 0 Å². The molecule has 0 saturated carbocycles. The van der Waals surface area contributed by atoms with Gasteiger partial charge in [0.05, 0.1) is 11.3 Å². The summed E-state index contributed by atoms with van der Waals surface area (Å²) in [5.41, 5.74) is 13.3. The zero-order valence-electron chi connectivity index (χ0n) is 24.3. The summed E-state index contributed by atoms with van der Waals surface area (Å²) in [7, 11) is 0. The molecule has 3 nitrogen and oxygen atoms in total. The molecule has 0 amide bonds. The molecule has 1 aliphatic rings. The Kier molecular flexibility index (Phi) is 8.77. The molecule has 4 heteroatoms. The van der Waals surface area contributed by atoms with E-state index in [-0.39, 0.29) is 37.1 Å². The molecule has 0 bridgehead atoms. The SMILES string of the molecule is CC(=O)/C=C(/C)O.Cc1cc[c-]c(-c2cc(-c3cccc(C)c3)c3cc4c(cc3n2)C(C)(C)c2ccccc2-4)c1.[Ir]. The summed E-state index contributed by atoms with van der Waals surface area (Å²) in [6.45, 7) is 11.8. The van der Waals surface area contributed by atoms with Gasteiger partial charge in [-0.3, -0.25) is 9.78 Å². The van der Waals surface area contributed by atoms with Crippen LogP contribution in [0.4, 0.5) is 0 Å². The maximum Gasteiger partial charge on any atom is 0.155 e. The molecule has 0 spiro atoms. The summed E-state index contributed by atoms with van der Waals surface area (Å²) >= 11 is 0. The van der Waals surface area contributed by atoms with E-state index >= 15 is 0 Å². The number of aryl methyl sites for hydroxylation is 2. The first-order valence-corrected chi connectivity index (χ1v) is 13.6. The molecule has 4 aromatic carbocycles. The first-order chi connectivity index (χ1) is 19.0. The fraction of sp³-hybridized carbons (Fsp3) is 0.189. The number of pyridine rings is 1. The van der Waals surface area contributed by atoms with E-state index in [1.807, 2.05) is 6.07 Å². The minimum absolute atomic E-state index is 0. The number of ketones is 1. The summed E-state index contributed by atoms with van der Waals surface area (Å²) < 4.78 is 0. The van der Waals surface area contributed by atoms with E-state index in [0.717, 1.165) is 16.8 Å². The topological polar surface area (TPSA) is 50.2 Å². The van der Waals surface area contributed by atoms with Gasteiger partial charge in [0.25, 0.3) is 0 Å². The van der Waals surface area contributed by atoms with Crippen molar-refractivity contribution in [1.29, 1.82) is 0 Å². The van der Waals surface area contributed by atoms with Crippen LogP contribution in [0, 0.1) is 19.9 Å². The van der Waals surface area contributed by atoms with Crippen molar-refractivity contribution in [3.8, 4) is 33.5 Å². The molecule has 209 valence electrons. The number of hydrogen-bond acceptors (Lipinski definition) is 3. The predicted octanol–water partition coefficient (Wildman–Crippen LogP) is 9.33. The first-order valence-electron chi connectivity index (χ1n) is 13.6. The Morgan fingerprint density at radius 1 is 0.829 bits per heavy atom. The van der Waals surface area contributed by atoms with Gasteiger partial charge in [-0.15, -0.1) is 35.4 Å². The third-order valence-corrected chi connectivity index (χ3v) is 7.49. The number of hydrogen-bond donors (Lipinski definition) is 1. The van der Waals surface area contributed by atoms with Crippen LogP contribution in [0.25, 0.3) is 44.4 Å². The van der Waals surface area contributed by atoms with Gasteiger partial charge >= 0.3 is 0 Å². The standard InChI is InChI=1S/C32H26N.C5H8O2.Ir/c1-20-9-7-11-22(15-20)25-18-30(23-12-8-10-21(2)16-23)33-31-19-29-26(17-27(25)31)24-13-5-6-14-28(24)32(29,3)4;1-4(6)3-5(2)7;/h5-11,13-19H,1-4H3;3,6H,1-2H3;/q-1;;/b;4-3-;. The average molecular weight is 717 g/mol. The zero-order chi connectivity index (χ0) is 28.6. The Morgan fingerprint density at radius 2 is 1.56 bits per heavy atom. The molecule has 0 aliphatic heterocycles. The van der Waals surface area contributed by atoms with Crippen LogP contribution in [0.2, 0.25) is 0 Å². The summed E-state index contributed by atoms with van der Waals surface area (Å²) in [4.78, 5) is 15.2. The molecule has 0 fully saturated rings. The second-order valence-electron chi connectivity index (χ2n) is 11.2. The van der Waals surface area contributed by atoms with Crippen molar-refractivity contribution in [2.75, 3.05) is 0 Å². The van der Waals surface area contributed by atoms with E-state index in [4.69, 9.17) is 10.1 Å². The van der Waals surface area contributed by atoms with Gasteiger partial charge in [0.2, 0.25) is 0 Å². The van der Waals surface area contributed by atoms with Crippen LogP contribution < -0.4 is 0 Å². The summed E-state index contributed by atoms with van der Waals surface area (Å²) in [5, 5.41) is 9.56. The van der Waals surface area contributed by atoms with Gasteiger partial charge in [0.15, 0.2) is 5.78 Å². The molecular weight excluding hydrogens is 683 g/mol. The van der Waals surface area contributed by atoms with Crippen molar-refractivity contribution < 1.29 is 30.0 Å². The number of aliphatic hydroxyl groups is 1. The van der Waals surface area contributed by atoms with Gasteiger partial charge in [0.1, 0.15) is 0 Å². The molecule has 1 aromatic heterocycles. The fourth-order valence-corrected chi connectivity index (χ4v) is 5.63. The number of rotatable bonds is 3. The summed E-state index contributed by atoms with van der Waals surface area (Å²) in [6.07, 6.45) is 1.17. The van der Waals surface area contributed by atoms with Crippen molar-refractivity contribution in [3.63, 3.8) is 0 Å². The van der Waals surface area contributed by atoms with Crippen molar-refractivity contribution >= 4 is 16.7 Å². The second kappa shape index (κ2) is 11.9. The van der Waals surface area contributed by atoms with Crippen LogP contribution in [-0.4, -0.2) is 15.9 Å². The minimum Gasteiger partial charge on any atom is -0.512 e. The van der Waals surface area contributed by atoms with Gasteiger partial charge in [-0.05, 0) is 72.0 Å². The van der Waals surface area contributed by atoms with Gasteiger partial charge in [-0.25, -0.2) is 0 Å². The number of carbonyl (C=O) groups excluding carboxylic acids is 1. The maximum absolute atomic E-state index is 10.0. The van der Waals surface area contributed by atoms with E-state index in [0.29, 0.717) is 0 Å². The Bertz CT molecular complexity index is 1800. The fourth-order valence-electron chi connectivity index (χ4n) is 5.63. The third-order valence-electron chi connectivity index (χ3n) is 7.49. The Balaban J connectivity index is 0.000000434. The minimum atomic E-state index is -0.125. The Morgan fingerprint density at radius 3 is 2.22 bits per heavy atom. The predicted molar refractivity (Wildman–Crippen MR) is 166 cm³/mol. The molecule has 1 aliphatic carbocycles. The first kappa shape index (κ1) is 30.1. The molecule has 1 radical (unpaired) electrons. The number of allylic oxidation sites excluding steroid dienone is 2. The third kappa shape index (κ3) is 6.10. The van der Waals surface area contributed by atoms with Gasteiger partial charge in [-0.1, -0.05) is 80.9 Å². The van der Waals surface area contributed by atoms with Crippen molar-refractivity contribution in [3.05, 3.63) is 125 Å². The molecule has 5 aromatic rings. The monoisotopic (exact) mass is 717 g/mol. The van der Waals surface area contributed by atoms with E-state index in [9.17, 15) is 4.79 Å². The van der Waals surface area contributed by atoms with Crippen LogP contribution in [0.3, 0.4) is 0 Å². The molecule has 1 N–H and O–H groups in total. The number of carbonyl (C=O) groups is 1. The molecule has 1 heterocycles. The number of aliphatic hydroxyl groups excluding tert-OH is 1. The molecule has 41 heavy (non-hydrogen) atoms. The molecule has 6 rings (SSSR count). The van der Waals surface area contributed by atoms with Crippen molar-refractivity contribution in [1.82, 2.24) is 4.98 Å². The van der Waals surface area contributed by atoms with Crippen molar-refractivity contribution in [2.45, 2.75) is 47.0 Å². The van der Waals surface area contributed by atoms with Crippen molar-refractivity contribution in [2.24, 2.45) is 0 Å². The van der Waals surface area contributed by atoms with Gasteiger partial charge < -0.3 is 5.11 Å². The van der Waals surface area contributed by atoms with Gasteiger partial charge in [0, 0.05) is 37.0 Å². The maximum atomic E-state index is 10.0. The zero-order valence-corrected chi connectivity index (χ0v) is 26.7. The van der Waals surface area contributed by atoms with E-state index in [1.54, 1.807) is 0 Å². The number of nitrogens with zero attached hydrogens (tertiary/aromatic N) is 1. The van der Waals surface area contributed by atoms with Crippen LogP contribution in [-0.2, 0) is 30.3 Å². The smallest absolute Gasteiger partial charge is 0.155 e. The van der Waals surface area contributed by atoms with Gasteiger partial charge in [-0.2, -0.15) is 0 Å². The number of aromatic nitrogens is 1. The summed E-state index contributed by atoms with van der Waals surface area (Å²) in [5.74, 6) is -0.0625. The molecule has 0 unspecified atom stereocenters.